The molecule has 0 aliphatic rings. The lowest BCUT2D eigenvalue weighted by Crippen LogP contribution is -2.20. The van der Waals surface area contributed by atoms with Gasteiger partial charge in [0.1, 0.15) is 10.7 Å². The van der Waals surface area contributed by atoms with Gasteiger partial charge in [-0.1, -0.05) is 25.3 Å². The summed E-state index contributed by atoms with van der Waals surface area (Å²) in [7, 11) is 0. The minimum absolute atomic E-state index is 0.0544. The Kier molecular flexibility index (Phi) is 3.99. The molecule has 0 bridgehead atoms. The smallest absolute Gasteiger partial charge is 0.335 e. The molecule has 2 N–H and O–H groups in total. The fourth-order valence-electron chi connectivity index (χ4n) is 1.64. The van der Waals surface area contributed by atoms with Gasteiger partial charge in [-0.2, -0.15) is 0 Å². The van der Waals surface area contributed by atoms with Crippen molar-refractivity contribution in [3.8, 4) is 0 Å². The van der Waals surface area contributed by atoms with Crippen LogP contribution in [0.2, 0.25) is 0 Å². The number of carbonyl (C=O) groups excluding carboxylic acids is 1. The number of carbonyl (C=O) groups is 2. The molecule has 0 radical (unpaired) electrons. The number of carboxylic acids is 1. The van der Waals surface area contributed by atoms with E-state index < -0.39 is 11.9 Å². The number of anilines is 1. The molecule has 0 saturated carbocycles. The molecule has 0 saturated heterocycles. The third-order valence-electron chi connectivity index (χ3n) is 2.65. The maximum atomic E-state index is 12.3. The molecule has 7 nitrogen and oxygen atoms in total. The molecular weight excluding hydrogens is 292 g/mol. The lowest BCUT2D eigenvalue weighted by molar-refractivity contribution is 0.0696. The monoisotopic (exact) mass is 306 g/mol. The van der Waals surface area contributed by atoms with Crippen LogP contribution in [0.1, 0.15) is 46.5 Å². The summed E-state index contributed by atoms with van der Waals surface area (Å²) in [6.07, 6.45) is 1.33. The Labute approximate surface area is 125 Å². The summed E-state index contributed by atoms with van der Waals surface area (Å²) < 4.78 is 3.81. The molecule has 2 rings (SSSR count). The fourth-order valence-corrected chi connectivity index (χ4v) is 2.41. The van der Waals surface area contributed by atoms with Crippen LogP contribution < -0.4 is 5.32 Å². The number of rotatable bonds is 3. The highest BCUT2D eigenvalue weighted by atomic mass is 32.1. The second-order valence-corrected chi connectivity index (χ2v) is 6.14. The molecule has 21 heavy (non-hydrogen) atoms. The zero-order valence-electron chi connectivity index (χ0n) is 11.7. The van der Waals surface area contributed by atoms with Crippen molar-refractivity contribution >= 4 is 29.2 Å². The first-order valence-electron chi connectivity index (χ1n) is 6.12. The lowest BCUT2D eigenvalue weighted by Gasteiger charge is -2.16. The first kappa shape index (κ1) is 15.0. The zero-order chi connectivity index (χ0) is 15.6. The molecule has 0 atom stereocenters. The van der Waals surface area contributed by atoms with Crippen LogP contribution in [-0.4, -0.2) is 31.6 Å². The van der Waals surface area contributed by atoms with Gasteiger partial charge in [0.2, 0.25) is 0 Å². The topological polar surface area (TPSA) is 105 Å². The number of amides is 1. The molecule has 8 heteroatoms. The van der Waals surface area contributed by atoms with E-state index in [4.69, 9.17) is 5.11 Å². The first-order chi connectivity index (χ1) is 9.79. The van der Waals surface area contributed by atoms with Gasteiger partial charge in [0.15, 0.2) is 0 Å². The van der Waals surface area contributed by atoms with Crippen molar-refractivity contribution < 1.29 is 14.7 Å². The average molecular weight is 306 g/mol. The maximum Gasteiger partial charge on any atom is 0.335 e. The van der Waals surface area contributed by atoms with Gasteiger partial charge in [0, 0.05) is 11.6 Å². The van der Waals surface area contributed by atoms with Crippen LogP contribution in [0.4, 0.5) is 5.82 Å². The fraction of sp³-hybridized carbons (Fsp3) is 0.308. The Bertz CT molecular complexity index is 691. The summed E-state index contributed by atoms with van der Waals surface area (Å²) >= 11 is 0.997. The summed E-state index contributed by atoms with van der Waals surface area (Å²) in [4.78, 5) is 27.5. The van der Waals surface area contributed by atoms with E-state index in [1.807, 2.05) is 20.8 Å². The molecule has 0 aliphatic carbocycles. The Hall–Kier alpha value is -2.35. The van der Waals surface area contributed by atoms with E-state index in [1.165, 1.54) is 18.3 Å². The molecule has 0 aliphatic heterocycles. The van der Waals surface area contributed by atoms with Gasteiger partial charge in [-0.05, 0) is 23.7 Å². The SMILES string of the molecule is CC(C)(C)c1nnsc1C(=O)Nc1cc(C(=O)O)ccn1. The van der Waals surface area contributed by atoms with E-state index in [0.717, 1.165) is 11.5 Å². The van der Waals surface area contributed by atoms with Crippen molar-refractivity contribution in [1.82, 2.24) is 14.6 Å². The molecule has 2 aromatic rings. The number of aromatic carboxylic acids is 1. The van der Waals surface area contributed by atoms with E-state index in [1.54, 1.807) is 0 Å². The number of nitrogens with zero attached hydrogens (tertiary/aromatic N) is 3. The van der Waals surface area contributed by atoms with Crippen molar-refractivity contribution in [2.24, 2.45) is 0 Å². The first-order valence-corrected chi connectivity index (χ1v) is 6.90. The minimum Gasteiger partial charge on any atom is -0.478 e. The average Bonchev–Trinajstić information content (AvgIpc) is 2.88. The Morgan fingerprint density at radius 1 is 1.33 bits per heavy atom. The molecule has 0 aromatic carbocycles. The van der Waals surface area contributed by atoms with Crippen LogP contribution in [0, 0.1) is 0 Å². The maximum absolute atomic E-state index is 12.3. The zero-order valence-corrected chi connectivity index (χ0v) is 12.6. The standard InChI is InChI=1S/C13H14N4O3S/c1-13(2,3)10-9(21-17-16-10)11(18)15-8-6-7(12(19)20)4-5-14-8/h4-6H,1-3H3,(H,19,20)(H,14,15,18). The number of aromatic nitrogens is 3. The van der Waals surface area contributed by atoms with E-state index in [0.29, 0.717) is 10.6 Å². The Morgan fingerprint density at radius 3 is 2.67 bits per heavy atom. The summed E-state index contributed by atoms with van der Waals surface area (Å²) in [5.74, 6) is -1.30. The minimum atomic E-state index is -1.08. The van der Waals surface area contributed by atoms with Gasteiger partial charge in [0.05, 0.1) is 11.3 Å². The van der Waals surface area contributed by atoms with Crippen LogP contribution in [0.5, 0.6) is 0 Å². The number of hydrogen-bond acceptors (Lipinski definition) is 6. The number of hydrogen-bond donors (Lipinski definition) is 2. The third kappa shape index (κ3) is 3.40. The van der Waals surface area contributed by atoms with Crippen molar-refractivity contribution in [2.75, 3.05) is 5.32 Å². The Balaban J connectivity index is 2.25. The van der Waals surface area contributed by atoms with Gasteiger partial charge < -0.3 is 10.4 Å². The predicted molar refractivity (Wildman–Crippen MR) is 77.8 cm³/mol. The van der Waals surface area contributed by atoms with Gasteiger partial charge in [-0.25, -0.2) is 9.78 Å². The van der Waals surface area contributed by atoms with E-state index in [2.05, 4.69) is 19.9 Å². The second kappa shape index (κ2) is 5.57. The molecule has 0 fully saturated rings. The van der Waals surface area contributed by atoms with Crippen molar-refractivity contribution in [1.29, 1.82) is 0 Å². The largest absolute Gasteiger partial charge is 0.478 e. The van der Waals surface area contributed by atoms with Gasteiger partial charge in [-0.15, -0.1) is 5.10 Å². The Morgan fingerprint density at radius 2 is 2.05 bits per heavy atom. The summed E-state index contributed by atoms with van der Waals surface area (Å²) in [6.45, 7) is 5.80. The molecule has 2 heterocycles. The van der Waals surface area contributed by atoms with Crippen molar-refractivity contribution in [3.05, 3.63) is 34.5 Å². The van der Waals surface area contributed by atoms with Crippen LogP contribution in [0.15, 0.2) is 18.3 Å². The molecule has 0 spiro atoms. The van der Waals surface area contributed by atoms with E-state index >= 15 is 0 Å². The van der Waals surface area contributed by atoms with Crippen LogP contribution in [-0.2, 0) is 5.41 Å². The number of nitrogens with one attached hydrogen (secondary N) is 1. The van der Waals surface area contributed by atoms with Gasteiger partial charge in [0.25, 0.3) is 5.91 Å². The van der Waals surface area contributed by atoms with Gasteiger partial charge in [-0.3, -0.25) is 4.79 Å². The molecule has 110 valence electrons. The molecule has 0 unspecified atom stereocenters. The summed E-state index contributed by atoms with van der Waals surface area (Å²) in [5, 5.41) is 15.5. The van der Waals surface area contributed by atoms with Crippen LogP contribution in [0.3, 0.4) is 0 Å². The highest BCUT2D eigenvalue weighted by molar-refractivity contribution is 7.08. The predicted octanol–water partition coefficient (Wildman–Crippen LogP) is 2.18. The number of carboxylic acid groups (broad SMARTS) is 1. The summed E-state index contributed by atoms with van der Waals surface area (Å²) in [6, 6.07) is 2.65. The second-order valence-electron chi connectivity index (χ2n) is 5.39. The molecule has 2 aromatic heterocycles. The van der Waals surface area contributed by atoms with Crippen LogP contribution >= 0.6 is 11.5 Å². The van der Waals surface area contributed by atoms with E-state index in [-0.39, 0.29) is 16.8 Å². The van der Waals surface area contributed by atoms with Crippen molar-refractivity contribution in [3.63, 3.8) is 0 Å². The highest BCUT2D eigenvalue weighted by Gasteiger charge is 2.26. The lowest BCUT2D eigenvalue weighted by atomic mass is 9.91. The number of pyridine rings is 1. The van der Waals surface area contributed by atoms with Crippen LogP contribution in [0.25, 0.3) is 0 Å². The van der Waals surface area contributed by atoms with Gasteiger partial charge >= 0.3 is 5.97 Å². The summed E-state index contributed by atoms with van der Waals surface area (Å²) in [5.41, 5.74) is 0.342. The van der Waals surface area contributed by atoms with E-state index in [9.17, 15) is 9.59 Å². The molecular formula is C13H14N4O3S. The molecule has 1 amide bonds. The third-order valence-corrected chi connectivity index (χ3v) is 3.38. The highest BCUT2D eigenvalue weighted by Crippen LogP contribution is 2.26. The van der Waals surface area contributed by atoms with Crippen molar-refractivity contribution in [2.45, 2.75) is 26.2 Å². The quantitative estimate of drug-likeness (QED) is 0.900. The normalized spacial score (nSPS) is 11.2.